The van der Waals surface area contributed by atoms with E-state index in [1.54, 1.807) is 0 Å². The number of rotatable bonds is 6. The summed E-state index contributed by atoms with van der Waals surface area (Å²) < 4.78 is 5.89. The van der Waals surface area contributed by atoms with Gasteiger partial charge in [0.25, 0.3) is 0 Å². The van der Waals surface area contributed by atoms with Crippen LogP contribution in [0.5, 0.6) is 0 Å². The zero-order valence-corrected chi connectivity index (χ0v) is 13.6. The number of aryl methyl sites for hydroxylation is 1. The Bertz CT molecular complexity index is 445. The first-order chi connectivity index (χ1) is 9.52. The Balaban J connectivity index is 2.02. The summed E-state index contributed by atoms with van der Waals surface area (Å²) in [6.07, 6.45) is 2.71. The molecule has 1 N–H and O–H groups in total. The molecule has 2 nitrogen and oxygen atoms in total. The minimum Gasteiger partial charge on any atom is -0.378 e. The third-order valence-electron chi connectivity index (χ3n) is 5.22. The largest absolute Gasteiger partial charge is 0.378 e. The average molecular weight is 275 g/mol. The molecule has 0 saturated heterocycles. The SMILES string of the molecule is CCOC1CC(N[C@@H](C)c2ccccc2C)C1(C)CC. The van der Waals surface area contributed by atoms with E-state index < -0.39 is 0 Å². The molecule has 1 fully saturated rings. The molecule has 1 aromatic carbocycles. The van der Waals surface area contributed by atoms with Gasteiger partial charge in [-0.3, -0.25) is 0 Å². The van der Waals surface area contributed by atoms with Crippen molar-refractivity contribution in [1.29, 1.82) is 0 Å². The second kappa shape index (κ2) is 6.28. The molecule has 0 heterocycles. The van der Waals surface area contributed by atoms with Crippen LogP contribution in [0.15, 0.2) is 24.3 Å². The second-order valence-corrected chi connectivity index (χ2v) is 6.34. The van der Waals surface area contributed by atoms with Crippen LogP contribution in [0, 0.1) is 12.3 Å². The van der Waals surface area contributed by atoms with Gasteiger partial charge in [-0.2, -0.15) is 0 Å². The first-order valence-corrected chi connectivity index (χ1v) is 7.96. The van der Waals surface area contributed by atoms with Crippen LogP contribution in [0.3, 0.4) is 0 Å². The van der Waals surface area contributed by atoms with Gasteiger partial charge in [0.15, 0.2) is 0 Å². The molecule has 1 aliphatic rings. The molecule has 1 aliphatic carbocycles. The van der Waals surface area contributed by atoms with Gasteiger partial charge < -0.3 is 10.1 Å². The standard InChI is InChI=1S/C18H29NO/c1-6-18(5)16(12-17(18)20-7-2)19-14(4)15-11-9-8-10-13(15)3/h8-11,14,16-17,19H,6-7,12H2,1-5H3/t14-,16?,17?,18?/m0/s1. The van der Waals surface area contributed by atoms with Crippen molar-refractivity contribution in [3.05, 3.63) is 35.4 Å². The summed E-state index contributed by atoms with van der Waals surface area (Å²) in [6.45, 7) is 12.0. The van der Waals surface area contributed by atoms with Gasteiger partial charge in [0, 0.05) is 24.1 Å². The molecular weight excluding hydrogens is 246 g/mol. The molecule has 2 heteroatoms. The predicted molar refractivity (Wildman–Crippen MR) is 84.9 cm³/mol. The van der Waals surface area contributed by atoms with E-state index in [9.17, 15) is 0 Å². The van der Waals surface area contributed by atoms with Crippen molar-refractivity contribution in [3.8, 4) is 0 Å². The Morgan fingerprint density at radius 3 is 2.65 bits per heavy atom. The van der Waals surface area contributed by atoms with Crippen molar-refractivity contribution in [2.75, 3.05) is 6.61 Å². The summed E-state index contributed by atoms with van der Waals surface area (Å²) in [5.74, 6) is 0. The van der Waals surface area contributed by atoms with E-state index in [1.165, 1.54) is 11.1 Å². The molecule has 20 heavy (non-hydrogen) atoms. The van der Waals surface area contributed by atoms with Crippen LogP contribution in [0.1, 0.15) is 57.7 Å². The lowest BCUT2D eigenvalue weighted by molar-refractivity contribution is -0.127. The molecule has 2 rings (SSSR count). The maximum Gasteiger partial charge on any atom is 0.0658 e. The lowest BCUT2D eigenvalue weighted by atomic mass is 9.61. The van der Waals surface area contributed by atoms with Gasteiger partial charge in [-0.1, -0.05) is 38.1 Å². The van der Waals surface area contributed by atoms with Gasteiger partial charge in [-0.25, -0.2) is 0 Å². The smallest absolute Gasteiger partial charge is 0.0658 e. The van der Waals surface area contributed by atoms with Crippen molar-refractivity contribution in [2.24, 2.45) is 5.41 Å². The Kier molecular flexibility index (Phi) is 4.87. The summed E-state index contributed by atoms with van der Waals surface area (Å²) >= 11 is 0. The van der Waals surface area contributed by atoms with Gasteiger partial charge >= 0.3 is 0 Å². The van der Waals surface area contributed by atoms with Crippen LogP contribution in [0.25, 0.3) is 0 Å². The molecule has 3 unspecified atom stereocenters. The average Bonchev–Trinajstić information content (AvgIpc) is 2.45. The van der Waals surface area contributed by atoms with E-state index in [2.05, 4.69) is 64.2 Å². The quantitative estimate of drug-likeness (QED) is 0.838. The number of ether oxygens (including phenoxy) is 1. The first kappa shape index (κ1) is 15.5. The number of hydrogen-bond donors (Lipinski definition) is 1. The van der Waals surface area contributed by atoms with Crippen LogP contribution in [0.2, 0.25) is 0 Å². The van der Waals surface area contributed by atoms with E-state index >= 15 is 0 Å². The highest BCUT2D eigenvalue weighted by molar-refractivity contribution is 5.28. The van der Waals surface area contributed by atoms with Crippen LogP contribution >= 0.6 is 0 Å². The normalized spacial score (nSPS) is 30.9. The fourth-order valence-electron chi connectivity index (χ4n) is 3.47. The van der Waals surface area contributed by atoms with Crippen LogP contribution < -0.4 is 5.32 Å². The molecule has 0 spiro atoms. The highest BCUT2D eigenvalue weighted by Crippen LogP contribution is 2.46. The van der Waals surface area contributed by atoms with E-state index in [4.69, 9.17) is 4.74 Å². The summed E-state index contributed by atoms with van der Waals surface area (Å²) in [4.78, 5) is 0. The van der Waals surface area contributed by atoms with E-state index in [-0.39, 0.29) is 5.41 Å². The molecule has 1 saturated carbocycles. The highest BCUT2D eigenvalue weighted by Gasteiger charge is 2.51. The molecule has 0 radical (unpaired) electrons. The summed E-state index contributed by atoms with van der Waals surface area (Å²) in [7, 11) is 0. The summed E-state index contributed by atoms with van der Waals surface area (Å²) in [5.41, 5.74) is 3.05. The lowest BCUT2D eigenvalue weighted by Crippen LogP contribution is -2.62. The Morgan fingerprint density at radius 2 is 2.05 bits per heavy atom. The first-order valence-electron chi connectivity index (χ1n) is 7.96. The highest BCUT2D eigenvalue weighted by atomic mass is 16.5. The zero-order valence-electron chi connectivity index (χ0n) is 13.6. The van der Waals surface area contributed by atoms with Crippen LogP contribution in [-0.4, -0.2) is 18.8 Å². The predicted octanol–water partition coefficient (Wildman–Crippen LogP) is 4.24. The third kappa shape index (κ3) is 2.77. The molecule has 112 valence electrons. The molecule has 0 amide bonds. The van der Waals surface area contributed by atoms with Crippen LogP contribution in [0.4, 0.5) is 0 Å². The van der Waals surface area contributed by atoms with Gasteiger partial charge in [-0.15, -0.1) is 0 Å². The van der Waals surface area contributed by atoms with E-state index in [0.717, 1.165) is 19.4 Å². The Hall–Kier alpha value is -0.860. The minimum absolute atomic E-state index is 0.271. The molecule has 4 atom stereocenters. The topological polar surface area (TPSA) is 21.3 Å². The van der Waals surface area contributed by atoms with Crippen molar-refractivity contribution < 1.29 is 4.74 Å². The van der Waals surface area contributed by atoms with Crippen molar-refractivity contribution in [2.45, 2.75) is 65.6 Å². The summed E-state index contributed by atoms with van der Waals surface area (Å²) in [5, 5.41) is 3.82. The molecular formula is C18H29NO. The Morgan fingerprint density at radius 1 is 1.35 bits per heavy atom. The number of hydrogen-bond acceptors (Lipinski definition) is 2. The maximum absolute atomic E-state index is 5.89. The third-order valence-corrected chi connectivity index (χ3v) is 5.22. The fourth-order valence-corrected chi connectivity index (χ4v) is 3.47. The monoisotopic (exact) mass is 275 g/mol. The molecule has 0 bridgehead atoms. The van der Waals surface area contributed by atoms with Gasteiger partial charge in [-0.05, 0) is 44.7 Å². The summed E-state index contributed by atoms with van der Waals surface area (Å²) in [6, 6.07) is 9.61. The van der Waals surface area contributed by atoms with Crippen molar-refractivity contribution >= 4 is 0 Å². The molecule has 0 aliphatic heterocycles. The lowest BCUT2D eigenvalue weighted by Gasteiger charge is -2.54. The zero-order chi connectivity index (χ0) is 14.8. The van der Waals surface area contributed by atoms with Crippen molar-refractivity contribution in [1.82, 2.24) is 5.32 Å². The maximum atomic E-state index is 5.89. The van der Waals surface area contributed by atoms with E-state index in [1.807, 2.05) is 0 Å². The molecule has 1 aromatic rings. The fraction of sp³-hybridized carbons (Fsp3) is 0.667. The number of benzene rings is 1. The van der Waals surface area contributed by atoms with Crippen molar-refractivity contribution in [3.63, 3.8) is 0 Å². The second-order valence-electron chi connectivity index (χ2n) is 6.34. The minimum atomic E-state index is 0.271. The van der Waals surface area contributed by atoms with Gasteiger partial charge in [0.1, 0.15) is 0 Å². The molecule has 0 aromatic heterocycles. The van der Waals surface area contributed by atoms with E-state index in [0.29, 0.717) is 18.2 Å². The Labute approximate surface area is 123 Å². The van der Waals surface area contributed by atoms with Gasteiger partial charge in [0.2, 0.25) is 0 Å². The van der Waals surface area contributed by atoms with Gasteiger partial charge in [0.05, 0.1) is 6.10 Å². The number of nitrogens with one attached hydrogen (secondary N) is 1. The van der Waals surface area contributed by atoms with Crippen LogP contribution in [-0.2, 0) is 4.74 Å².